The van der Waals surface area contributed by atoms with Crippen LogP contribution in [-0.4, -0.2) is 32.8 Å². The molecule has 0 aliphatic heterocycles. The molecule has 3 rings (SSSR count). The summed E-state index contributed by atoms with van der Waals surface area (Å²) in [5, 5.41) is 6.84. The van der Waals surface area contributed by atoms with Gasteiger partial charge in [-0.2, -0.15) is 0 Å². The molecule has 9 heteroatoms. The smallest absolute Gasteiger partial charge is 0.271 e. The van der Waals surface area contributed by atoms with Gasteiger partial charge in [0.15, 0.2) is 11.5 Å². The lowest BCUT2D eigenvalue weighted by Crippen LogP contribution is -2.35. The Labute approximate surface area is 155 Å². The van der Waals surface area contributed by atoms with E-state index < -0.39 is 17.9 Å². The number of nitrogens with zero attached hydrogens (tertiary/aromatic N) is 3. The quantitative estimate of drug-likeness (QED) is 0.496. The van der Waals surface area contributed by atoms with E-state index in [9.17, 15) is 9.59 Å². The SMILES string of the molecule is CCC(Nc1cnc(C(N)=O)c(Nc2ccnc3ccccc23)n1)C(N)=O. The summed E-state index contributed by atoms with van der Waals surface area (Å²) in [5.74, 6) is -0.764. The zero-order chi connectivity index (χ0) is 19.4. The zero-order valence-corrected chi connectivity index (χ0v) is 14.6. The number of nitrogens with two attached hydrogens (primary N) is 2. The van der Waals surface area contributed by atoms with Gasteiger partial charge in [-0.3, -0.25) is 14.6 Å². The van der Waals surface area contributed by atoms with E-state index in [0.717, 1.165) is 10.9 Å². The first-order valence-electron chi connectivity index (χ1n) is 8.33. The summed E-state index contributed by atoms with van der Waals surface area (Å²) in [6, 6.07) is 8.68. The molecule has 2 amide bonds. The van der Waals surface area contributed by atoms with E-state index in [4.69, 9.17) is 11.5 Å². The van der Waals surface area contributed by atoms with Crippen LogP contribution in [0.15, 0.2) is 42.7 Å². The van der Waals surface area contributed by atoms with Crippen LogP contribution in [0.4, 0.5) is 17.3 Å². The van der Waals surface area contributed by atoms with Gasteiger partial charge in [-0.05, 0) is 18.6 Å². The van der Waals surface area contributed by atoms with Gasteiger partial charge in [-0.15, -0.1) is 0 Å². The largest absolute Gasteiger partial charge is 0.368 e. The number of hydrogen-bond acceptors (Lipinski definition) is 7. The highest BCUT2D eigenvalue weighted by Crippen LogP contribution is 2.26. The molecular weight excluding hydrogens is 346 g/mol. The average Bonchev–Trinajstić information content (AvgIpc) is 2.66. The highest BCUT2D eigenvalue weighted by Gasteiger charge is 2.17. The summed E-state index contributed by atoms with van der Waals surface area (Å²) in [6.07, 6.45) is 3.46. The second kappa shape index (κ2) is 7.65. The molecule has 0 saturated heterocycles. The van der Waals surface area contributed by atoms with Crippen molar-refractivity contribution in [1.82, 2.24) is 15.0 Å². The van der Waals surface area contributed by atoms with Crippen LogP contribution in [0.5, 0.6) is 0 Å². The van der Waals surface area contributed by atoms with Crippen LogP contribution in [0, 0.1) is 0 Å². The lowest BCUT2D eigenvalue weighted by atomic mass is 10.2. The number of anilines is 3. The van der Waals surface area contributed by atoms with Crippen molar-refractivity contribution >= 4 is 40.0 Å². The van der Waals surface area contributed by atoms with Crippen molar-refractivity contribution in [1.29, 1.82) is 0 Å². The maximum Gasteiger partial charge on any atom is 0.271 e. The molecule has 0 fully saturated rings. The molecule has 0 aliphatic carbocycles. The second-order valence-corrected chi connectivity index (χ2v) is 5.82. The molecular formula is C18H19N7O2. The third-order valence-corrected chi connectivity index (χ3v) is 3.98. The summed E-state index contributed by atoms with van der Waals surface area (Å²) in [5.41, 5.74) is 12.2. The van der Waals surface area contributed by atoms with Gasteiger partial charge in [0.2, 0.25) is 5.91 Å². The summed E-state index contributed by atoms with van der Waals surface area (Å²) in [7, 11) is 0. The number of carbonyl (C=O) groups excluding carboxylic acids is 2. The molecule has 138 valence electrons. The van der Waals surface area contributed by atoms with Crippen molar-refractivity contribution in [2.75, 3.05) is 10.6 Å². The Balaban J connectivity index is 2.00. The number of rotatable bonds is 7. The van der Waals surface area contributed by atoms with Crippen LogP contribution in [0.1, 0.15) is 23.8 Å². The molecule has 0 saturated carbocycles. The number of pyridine rings is 1. The van der Waals surface area contributed by atoms with Gasteiger partial charge in [-0.1, -0.05) is 25.1 Å². The lowest BCUT2D eigenvalue weighted by molar-refractivity contribution is -0.118. The van der Waals surface area contributed by atoms with Crippen LogP contribution in [0.2, 0.25) is 0 Å². The highest BCUT2D eigenvalue weighted by molar-refractivity contribution is 5.99. The number of nitrogens with one attached hydrogen (secondary N) is 2. The molecule has 1 aromatic carbocycles. The van der Waals surface area contributed by atoms with Crippen LogP contribution in [-0.2, 0) is 4.79 Å². The molecule has 2 heterocycles. The molecule has 1 atom stereocenters. The van der Waals surface area contributed by atoms with E-state index in [2.05, 4.69) is 25.6 Å². The van der Waals surface area contributed by atoms with Gasteiger partial charge >= 0.3 is 0 Å². The van der Waals surface area contributed by atoms with Crippen molar-refractivity contribution in [3.63, 3.8) is 0 Å². The topological polar surface area (TPSA) is 149 Å². The van der Waals surface area contributed by atoms with E-state index in [1.54, 1.807) is 12.3 Å². The monoisotopic (exact) mass is 365 g/mol. The molecule has 6 N–H and O–H groups in total. The van der Waals surface area contributed by atoms with Gasteiger partial charge in [0, 0.05) is 11.6 Å². The van der Waals surface area contributed by atoms with Gasteiger partial charge in [0.1, 0.15) is 11.9 Å². The van der Waals surface area contributed by atoms with E-state index in [0.29, 0.717) is 17.9 Å². The minimum Gasteiger partial charge on any atom is -0.368 e. The second-order valence-electron chi connectivity index (χ2n) is 5.82. The number of aromatic nitrogens is 3. The van der Waals surface area contributed by atoms with Crippen LogP contribution in [0.3, 0.4) is 0 Å². The summed E-state index contributed by atoms with van der Waals surface area (Å²) < 4.78 is 0. The van der Waals surface area contributed by atoms with Crippen molar-refractivity contribution < 1.29 is 9.59 Å². The van der Waals surface area contributed by atoms with Crippen molar-refractivity contribution in [3.8, 4) is 0 Å². The van der Waals surface area contributed by atoms with E-state index >= 15 is 0 Å². The summed E-state index contributed by atoms with van der Waals surface area (Å²) >= 11 is 0. The number of carbonyl (C=O) groups is 2. The summed E-state index contributed by atoms with van der Waals surface area (Å²) in [6.45, 7) is 1.82. The fraction of sp³-hybridized carbons (Fsp3) is 0.167. The van der Waals surface area contributed by atoms with Crippen LogP contribution in [0.25, 0.3) is 10.9 Å². The molecule has 27 heavy (non-hydrogen) atoms. The van der Waals surface area contributed by atoms with Gasteiger partial charge in [-0.25, -0.2) is 9.97 Å². The molecule has 2 aromatic heterocycles. The molecule has 0 aliphatic rings. The van der Waals surface area contributed by atoms with Crippen LogP contribution >= 0.6 is 0 Å². The Morgan fingerprint density at radius 3 is 2.63 bits per heavy atom. The molecule has 0 radical (unpaired) electrons. The Hall–Kier alpha value is -3.75. The third kappa shape index (κ3) is 3.92. The Kier molecular flexibility index (Phi) is 5.11. The standard InChI is InChI=1S/C18H19N7O2/c1-2-11(16(19)26)23-14-9-22-15(17(20)27)18(25-14)24-13-7-8-21-12-6-4-3-5-10(12)13/h3-9,11H,2H2,1H3,(H2,19,26)(H2,20,27)(H2,21,23,24,25). The van der Waals surface area contributed by atoms with Gasteiger partial charge in [0.05, 0.1) is 17.4 Å². The van der Waals surface area contributed by atoms with Gasteiger partial charge in [0.25, 0.3) is 5.91 Å². The van der Waals surface area contributed by atoms with Crippen molar-refractivity contribution in [2.24, 2.45) is 11.5 Å². The minimum atomic E-state index is -0.725. The number of fused-ring (bicyclic) bond motifs is 1. The van der Waals surface area contributed by atoms with Crippen LogP contribution < -0.4 is 22.1 Å². The van der Waals surface area contributed by atoms with E-state index in [-0.39, 0.29) is 11.5 Å². The van der Waals surface area contributed by atoms with E-state index in [1.165, 1.54) is 6.20 Å². The predicted octanol–water partition coefficient (Wildman–Crippen LogP) is 1.54. The molecule has 0 bridgehead atoms. The lowest BCUT2D eigenvalue weighted by Gasteiger charge is -2.16. The highest BCUT2D eigenvalue weighted by atomic mass is 16.1. The number of benzene rings is 1. The Morgan fingerprint density at radius 2 is 1.93 bits per heavy atom. The number of para-hydroxylation sites is 1. The first kappa shape index (κ1) is 18.1. The van der Waals surface area contributed by atoms with Gasteiger partial charge < -0.3 is 22.1 Å². The van der Waals surface area contributed by atoms with E-state index in [1.807, 2.05) is 31.2 Å². The number of primary amides is 2. The Morgan fingerprint density at radius 1 is 1.15 bits per heavy atom. The molecule has 3 aromatic rings. The molecule has 9 nitrogen and oxygen atoms in total. The normalized spacial score (nSPS) is 11.7. The number of hydrogen-bond donors (Lipinski definition) is 4. The maximum absolute atomic E-state index is 11.7. The molecule has 1 unspecified atom stereocenters. The third-order valence-electron chi connectivity index (χ3n) is 3.98. The van der Waals surface area contributed by atoms with Crippen molar-refractivity contribution in [3.05, 3.63) is 48.4 Å². The first-order chi connectivity index (χ1) is 13.0. The fourth-order valence-electron chi connectivity index (χ4n) is 2.61. The average molecular weight is 365 g/mol. The Bertz CT molecular complexity index is 1000. The fourth-order valence-corrected chi connectivity index (χ4v) is 2.61. The minimum absolute atomic E-state index is 0.0198. The summed E-state index contributed by atoms with van der Waals surface area (Å²) in [4.78, 5) is 35.9. The van der Waals surface area contributed by atoms with Crippen molar-refractivity contribution in [2.45, 2.75) is 19.4 Å². The maximum atomic E-state index is 11.7. The number of amides is 2. The predicted molar refractivity (Wildman–Crippen MR) is 102 cm³/mol. The molecule has 0 spiro atoms. The zero-order valence-electron chi connectivity index (χ0n) is 14.6. The first-order valence-corrected chi connectivity index (χ1v) is 8.33.